The summed E-state index contributed by atoms with van der Waals surface area (Å²) >= 11 is 1.80. The molecule has 1 fully saturated rings. The summed E-state index contributed by atoms with van der Waals surface area (Å²) in [6, 6.07) is 0. The molecule has 1 atom stereocenters. The van der Waals surface area contributed by atoms with Crippen molar-refractivity contribution in [2.45, 2.75) is 110 Å². The summed E-state index contributed by atoms with van der Waals surface area (Å²) in [4.78, 5) is 0. The summed E-state index contributed by atoms with van der Waals surface area (Å²) in [7, 11) is 0. The lowest BCUT2D eigenvalue weighted by molar-refractivity contribution is 0.00743. The highest BCUT2D eigenvalue weighted by Crippen LogP contribution is 2.38. The minimum absolute atomic E-state index is 0.107. The van der Waals surface area contributed by atoms with Gasteiger partial charge in [0.1, 0.15) is 0 Å². The third-order valence-corrected chi connectivity index (χ3v) is 6.07. The molecule has 1 unspecified atom stereocenters. The van der Waals surface area contributed by atoms with E-state index in [1.165, 1.54) is 64.2 Å². The van der Waals surface area contributed by atoms with Crippen molar-refractivity contribution in [2.24, 2.45) is 0 Å². The van der Waals surface area contributed by atoms with E-state index in [2.05, 4.69) is 25.1 Å². The summed E-state index contributed by atoms with van der Waals surface area (Å²) in [6.07, 6.45) is 15.2. The van der Waals surface area contributed by atoms with Crippen LogP contribution in [0.25, 0.3) is 0 Å². The van der Waals surface area contributed by atoms with Gasteiger partial charge < -0.3 is 0 Å². The van der Waals surface area contributed by atoms with Gasteiger partial charge in [-0.1, -0.05) is 76.7 Å². The molecule has 0 amide bonds. The smallest absolute Gasteiger partial charge is 0.155 e. The van der Waals surface area contributed by atoms with Gasteiger partial charge in [-0.25, -0.2) is 9.41 Å². The highest BCUT2D eigenvalue weighted by Gasteiger charge is 2.39. The Kier molecular flexibility index (Phi) is 10.0. The second kappa shape index (κ2) is 10.9. The molecule has 0 aromatic heterocycles. The van der Waals surface area contributed by atoms with Gasteiger partial charge >= 0.3 is 0 Å². The van der Waals surface area contributed by atoms with Crippen molar-refractivity contribution in [2.75, 3.05) is 5.75 Å². The maximum Gasteiger partial charge on any atom is 0.155 e. The van der Waals surface area contributed by atoms with E-state index >= 15 is 0 Å². The number of hydrogen-bond donors (Lipinski definition) is 0. The number of rotatable bonds is 12. The van der Waals surface area contributed by atoms with Gasteiger partial charge in [-0.15, -0.1) is 0 Å². The Morgan fingerprint density at radius 3 is 1.95 bits per heavy atom. The zero-order chi connectivity index (χ0) is 15.6. The molecule has 0 aromatic carbocycles. The molecule has 1 saturated heterocycles. The van der Waals surface area contributed by atoms with E-state index in [1.807, 2.05) is 0 Å². The lowest BCUT2D eigenvalue weighted by atomic mass is 10.0. The minimum atomic E-state index is -0.479. The molecule has 0 aromatic rings. The molecule has 3 heteroatoms. The van der Waals surface area contributed by atoms with Crippen molar-refractivity contribution in [1.82, 2.24) is 4.31 Å². The monoisotopic (exact) mass is 314 g/mol. The van der Waals surface area contributed by atoms with E-state index in [0.29, 0.717) is 0 Å². The van der Waals surface area contributed by atoms with Gasteiger partial charge in [0.05, 0.1) is 0 Å². The molecule has 1 aliphatic rings. The van der Waals surface area contributed by atoms with Crippen molar-refractivity contribution in [1.29, 1.82) is 0 Å². The first-order valence-electron chi connectivity index (χ1n) is 9.16. The van der Waals surface area contributed by atoms with E-state index < -0.39 is 6.23 Å². The predicted molar refractivity (Wildman–Crippen MR) is 93.9 cm³/mol. The summed E-state index contributed by atoms with van der Waals surface area (Å²) in [5.74, 6) is 1.12. The van der Waals surface area contributed by atoms with Gasteiger partial charge in [0, 0.05) is 11.3 Å². The average molecular weight is 315 g/mol. The molecule has 1 radical (unpaired) electrons. The molecule has 0 aliphatic carbocycles. The fraction of sp³-hybridized carbons (Fsp3) is 1.00. The topological polar surface area (TPSA) is 23.1 Å². The van der Waals surface area contributed by atoms with Gasteiger partial charge in [-0.3, -0.25) is 0 Å². The molecule has 1 heterocycles. The van der Waals surface area contributed by atoms with Crippen molar-refractivity contribution in [3.63, 3.8) is 0 Å². The quantitative estimate of drug-likeness (QED) is 0.317. The first-order valence-corrected chi connectivity index (χ1v) is 10.1. The Labute approximate surface area is 137 Å². The van der Waals surface area contributed by atoms with Crippen molar-refractivity contribution < 1.29 is 5.11 Å². The predicted octanol–water partition coefficient (Wildman–Crippen LogP) is 6.19. The molecular weight excluding hydrogens is 278 g/mol. The number of nitrogens with zero attached hydrogens (tertiary/aromatic N) is 1. The molecule has 125 valence electrons. The van der Waals surface area contributed by atoms with E-state index in [4.69, 9.17) is 0 Å². The van der Waals surface area contributed by atoms with Crippen LogP contribution in [0.3, 0.4) is 0 Å². The van der Waals surface area contributed by atoms with Crippen LogP contribution in [0.4, 0.5) is 0 Å². The van der Waals surface area contributed by atoms with Crippen LogP contribution in [0, 0.1) is 0 Å². The first-order chi connectivity index (χ1) is 10.1. The van der Waals surface area contributed by atoms with Crippen LogP contribution in [0.2, 0.25) is 0 Å². The highest BCUT2D eigenvalue weighted by molar-refractivity contribution is 7.97. The maximum atomic E-state index is 11.9. The third kappa shape index (κ3) is 7.90. The first kappa shape index (κ1) is 19.3. The van der Waals surface area contributed by atoms with Crippen LogP contribution in [0.15, 0.2) is 0 Å². The second-order valence-electron chi connectivity index (χ2n) is 7.15. The molecular formula is C18H36NOS. The molecule has 2 nitrogen and oxygen atoms in total. The Hall–Kier alpha value is 0.270. The Morgan fingerprint density at radius 1 is 0.952 bits per heavy atom. The molecule has 1 rings (SSSR count). The van der Waals surface area contributed by atoms with E-state index in [0.717, 1.165) is 18.6 Å². The van der Waals surface area contributed by atoms with Crippen LogP contribution in [-0.2, 0) is 5.11 Å². The zero-order valence-corrected chi connectivity index (χ0v) is 15.3. The SMILES string of the molecule is CCCCCCCCCCCCSN1C([O])CCC1(C)C. The van der Waals surface area contributed by atoms with Gasteiger partial charge in [0.2, 0.25) is 0 Å². The molecule has 0 N–H and O–H groups in total. The molecule has 0 spiro atoms. The van der Waals surface area contributed by atoms with E-state index in [9.17, 15) is 5.11 Å². The molecule has 0 saturated carbocycles. The zero-order valence-electron chi connectivity index (χ0n) is 14.5. The van der Waals surface area contributed by atoms with Crippen molar-refractivity contribution in [3.8, 4) is 0 Å². The Balaban J connectivity index is 1.89. The lowest BCUT2D eigenvalue weighted by Gasteiger charge is -2.31. The van der Waals surface area contributed by atoms with Crippen LogP contribution >= 0.6 is 11.9 Å². The van der Waals surface area contributed by atoms with Crippen LogP contribution in [-0.4, -0.2) is 21.8 Å². The number of hydrogen-bond acceptors (Lipinski definition) is 2. The molecule has 1 aliphatic heterocycles. The maximum absolute atomic E-state index is 11.9. The molecule has 0 bridgehead atoms. The minimum Gasteiger partial charge on any atom is -0.215 e. The Bertz CT molecular complexity index is 258. The van der Waals surface area contributed by atoms with Crippen LogP contribution in [0.1, 0.15) is 97.8 Å². The van der Waals surface area contributed by atoms with Crippen molar-refractivity contribution in [3.05, 3.63) is 0 Å². The second-order valence-corrected chi connectivity index (χ2v) is 8.21. The summed E-state index contributed by atoms with van der Waals surface area (Å²) in [6.45, 7) is 6.68. The standard InChI is InChI=1S/C18H36NOS/c1-4-5-6-7-8-9-10-11-12-13-16-21-19-17(20)14-15-18(19,2)3/h17H,4-16H2,1-3H3. The fourth-order valence-corrected chi connectivity index (χ4v) is 4.35. The molecule has 21 heavy (non-hydrogen) atoms. The highest BCUT2D eigenvalue weighted by atomic mass is 32.2. The normalized spacial score (nSPS) is 22.0. The van der Waals surface area contributed by atoms with Gasteiger partial charge in [0.25, 0.3) is 0 Å². The summed E-state index contributed by atoms with van der Waals surface area (Å²) in [5.41, 5.74) is 0.107. The van der Waals surface area contributed by atoms with E-state index in [-0.39, 0.29) is 5.54 Å². The van der Waals surface area contributed by atoms with Gasteiger partial charge in [0.15, 0.2) is 6.23 Å². The Morgan fingerprint density at radius 2 is 1.48 bits per heavy atom. The van der Waals surface area contributed by atoms with Crippen LogP contribution in [0.5, 0.6) is 0 Å². The van der Waals surface area contributed by atoms with Gasteiger partial charge in [-0.2, -0.15) is 0 Å². The summed E-state index contributed by atoms with van der Waals surface area (Å²) in [5, 5.41) is 11.9. The largest absolute Gasteiger partial charge is 0.215 e. The van der Waals surface area contributed by atoms with Gasteiger partial charge in [-0.05, 0) is 33.1 Å². The lowest BCUT2D eigenvalue weighted by Crippen LogP contribution is -2.37. The third-order valence-electron chi connectivity index (χ3n) is 4.59. The summed E-state index contributed by atoms with van der Waals surface area (Å²) < 4.78 is 2.11. The fourth-order valence-electron chi connectivity index (χ4n) is 3.10. The van der Waals surface area contributed by atoms with E-state index in [1.54, 1.807) is 11.9 Å². The number of unbranched alkanes of at least 4 members (excludes halogenated alkanes) is 9. The van der Waals surface area contributed by atoms with Crippen LogP contribution < -0.4 is 0 Å². The average Bonchev–Trinajstić information content (AvgIpc) is 2.71. The van der Waals surface area contributed by atoms with Crippen molar-refractivity contribution >= 4 is 11.9 Å².